The average molecular weight is 952 g/mol. The quantitative estimate of drug-likeness (QED) is 0.111. The first kappa shape index (κ1) is 41.4. The second-order valence-electron chi connectivity index (χ2n) is 15.3. The SMILES string of the molecule is Brc1c2nc(c(-c3ccccn3)c3ccc([n-]3)c(-c3ccc(/C=C/c4ccc(N(c5ccccc5)c5ccccc5)cc4)cc3)c3nc(c(-c4ccccn4)c4ccc1[n-]4)C=C3)C=C2.[Zn+2]. The van der Waals surface area contributed by atoms with Crippen molar-refractivity contribution in [2.24, 2.45) is 0 Å². The van der Waals surface area contributed by atoms with Gasteiger partial charge in [0.05, 0.1) is 34.2 Å². The van der Waals surface area contributed by atoms with Gasteiger partial charge in [0.1, 0.15) is 0 Å². The molecule has 0 N–H and O–H groups in total. The molecular weight excluding hydrogens is 916 g/mol. The van der Waals surface area contributed by atoms with E-state index in [1.54, 1.807) is 12.4 Å². The predicted octanol–water partition coefficient (Wildman–Crippen LogP) is 14.1. The Morgan fingerprint density at radius 2 is 0.815 bits per heavy atom. The molecule has 0 fully saturated rings. The van der Waals surface area contributed by atoms with Crippen LogP contribution in [0.5, 0.6) is 0 Å². The Labute approximate surface area is 397 Å². The van der Waals surface area contributed by atoms with Gasteiger partial charge in [-0.2, -0.15) is 0 Å². The number of para-hydroxylation sites is 2. The number of benzene rings is 4. The van der Waals surface area contributed by atoms with Gasteiger partial charge in [0.25, 0.3) is 0 Å². The molecule has 0 spiro atoms. The van der Waals surface area contributed by atoms with Crippen LogP contribution in [-0.4, -0.2) is 19.9 Å². The van der Waals surface area contributed by atoms with Gasteiger partial charge in [0, 0.05) is 45.1 Å². The van der Waals surface area contributed by atoms with Crippen molar-refractivity contribution >= 4 is 91.5 Å². The molecule has 2 aliphatic rings. The largest absolute Gasteiger partial charge is 2.00 e. The van der Waals surface area contributed by atoms with E-state index in [0.717, 1.165) is 111 Å². The summed E-state index contributed by atoms with van der Waals surface area (Å²) in [6, 6.07) is 58.0. The molecule has 8 bridgehead atoms. The molecule has 65 heavy (non-hydrogen) atoms. The molecular formula is C56H36BrN7Zn. The summed E-state index contributed by atoms with van der Waals surface area (Å²) in [5.74, 6) is 0. The molecule has 2 aliphatic heterocycles. The number of aromatic nitrogens is 6. The van der Waals surface area contributed by atoms with E-state index in [2.05, 4.69) is 142 Å². The van der Waals surface area contributed by atoms with Gasteiger partial charge in [-0.15, -0.1) is 22.1 Å². The van der Waals surface area contributed by atoms with Crippen molar-refractivity contribution in [1.82, 2.24) is 29.9 Å². The fourth-order valence-corrected chi connectivity index (χ4v) is 8.63. The molecule has 9 aromatic rings. The number of hydrogen-bond acceptors (Lipinski definition) is 5. The summed E-state index contributed by atoms with van der Waals surface area (Å²) in [6.07, 6.45) is 16.0. The van der Waals surface area contributed by atoms with Gasteiger partial charge in [-0.3, -0.25) is 9.97 Å². The number of nitrogens with zero attached hydrogens (tertiary/aromatic N) is 7. The summed E-state index contributed by atoms with van der Waals surface area (Å²) in [5.41, 5.74) is 16.8. The number of halogens is 1. The van der Waals surface area contributed by atoms with Gasteiger partial charge in [-0.25, -0.2) is 9.97 Å². The minimum atomic E-state index is 0. The molecule has 0 aliphatic carbocycles. The summed E-state index contributed by atoms with van der Waals surface area (Å²) < 4.78 is 0.783. The van der Waals surface area contributed by atoms with Gasteiger partial charge in [0.2, 0.25) is 0 Å². The molecule has 0 saturated carbocycles. The molecule has 0 saturated heterocycles. The van der Waals surface area contributed by atoms with E-state index < -0.39 is 0 Å². The maximum absolute atomic E-state index is 5.33. The first-order chi connectivity index (χ1) is 31.6. The fraction of sp³-hybridized carbons (Fsp3) is 0. The monoisotopic (exact) mass is 949 g/mol. The fourth-order valence-electron chi connectivity index (χ4n) is 8.18. The second-order valence-corrected chi connectivity index (χ2v) is 16.1. The molecule has 0 atom stereocenters. The van der Waals surface area contributed by atoms with Crippen LogP contribution in [0.4, 0.5) is 17.1 Å². The number of anilines is 3. The van der Waals surface area contributed by atoms with Gasteiger partial charge in [-0.1, -0.05) is 121 Å². The maximum Gasteiger partial charge on any atom is 2.00 e. The minimum absolute atomic E-state index is 0. The molecule has 7 heterocycles. The molecule has 11 rings (SSSR count). The average Bonchev–Trinajstić information content (AvgIpc) is 4.21. The standard InChI is InChI=1S/C56H36BrN7.Zn/c57-56-51-33-31-49(62-51)54(43-15-7-9-35-58-43)47-29-27-45(60-47)53(46-28-30-48(61-46)55(44-16-8-10-36-59-44)50-32-34-52(56)63-50)39-23-19-37(20-24-39)17-18-38-21-25-42(26-22-38)64(40-11-3-1-4-12-40)41-13-5-2-6-14-41;/h1-36H;/q-2;+2/b18-17+,53-45?,53-46?,54-47?,54-49?,55-48?,55-50?,56-51?,56-52?;. The Balaban J connectivity index is 0.00000498. The maximum atomic E-state index is 5.33. The topological polar surface area (TPSA) is 83.0 Å². The molecule has 0 amide bonds. The molecule has 7 nitrogen and oxygen atoms in total. The van der Waals surface area contributed by atoms with Crippen LogP contribution in [0.3, 0.4) is 0 Å². The first-order valence-electron chi connectivity index (χ1n) is 21.0. The van der Waals surface area contributed by atoms with Crippen LogP contribution in [0.2, 0.25) is 0 Å². The zero-order valence-corrected chi connectivity index (χ0v) is 39.6. The zero-order chi connectivity index (χ0) is 42.8. The Morgan fingerprint density at radius 1 is 0.400 bits per heavy atom. The Kier molecular flexibility index (Phi) is 11.6. The third-order valence-corrected chi connectivity index (χ3v) is 12.0. The normalized spacial score (nSPS) is 11.8. The van der Waals surface area contributed by atoms with E-state index >= 15 is 0 Å². The predicted molar refractivity (Wildman–Crippen MR) is 266 cm³/mol. The van der Waals surface area contributed by atoms with E-state index in [1.807, 2.05) is 85.0 Å². The van der Waals surface area contributed by atoms with Crippen molar-refractivity contribution < 1.29 is 19.5 Å². The third kappa shape index (κ3) is 8.36. The van der Waals surface area contributed by atoms with E-state index in [0.29, 0.717) is 0 Å². The van der Waals surface area contributed by atoms with Crippen LogP contribution in [0, 0.1) is 0 Å². The van der Waals surface area contributed by atoms with E-state index in [-0.39, 0.29) is 19.5 Å². The smallest absolute Gasteiger partial charge is 0.657 e. The van der Waals surface area contributed by atoms with Crippen LogP contribution in [0.15, 0.2) is 187 Å². The number of pyridine rings is 2. The Hall–Kier alpha value is -7.58. The van der Waals surface area contributed by atoms with Crippen LogP contribution >= 0.6 is 15.9 Å². The minimum Gasteiger partial charge on any atom is -0.657 e. The number of rotatable bonds is 8. The van der Waals surface area contributed by atoms with Crippen LogP contribution < -0.4 is 14.9 Å². The third-order valence-electron chi connectivity index (χ3n) is 11.2. The molecule has 0 unspecified atom stereocenters. The zero-order valence-electron chi connectivity index (χ0n) is 35.0. The Bertz CT molecular complexity index is 3340. The van der Waals surface area contributed by atoms with Gasteiger partial charge < -0.3 is 14.9 Å². The molecule has 304 valence electrons. The van der Waals surface area contributed by atoms with Crippen molar-refractivity contribution in [3.63, 3.8) is 0 Å². The molecule has 0 radical (unpaired) electrons. The summed E-state index contributed by atoms with van der Waals surface area (Å²) in [6.45, 7) is 0. The van der Waals surface area contributed by atoms with E-state index in [1.165, 1.54) is 0 Å². The van der Waals surface area contributed by atoms with E-state index in [9.17, 15) is 0 Å². The summed E-state index contributed by atoms with van der Waals surface area (Å²) in [4.78, 5) is 32.6. The number of hydrogen-bond donors (Lipinski definition) is 0. The van der Waals surface area contributed by atoms with Crippen molar-refractivity contribution in [2.45, 2.75) is 0 Å². The first-order valence-corrected chi connectivity index (χ1v) is 21.8. The van der Waals surface area contributed by atoms with Gasteiger partial charge in [0.15, 0.2) is 0 Å². The van der Waals surface area contributed by atoms with Crippen LogP contribution in [-0.2, 0) is 19.5 Å². The molecule has 9 heteroatoms. The molecule has 5 aromatic heterocycles. The second kappa shape index (κ2) is 18.3. The van der Waals surface area contributed by atoms with Crippen LogP contribution in [0.1, 0.15) is 33.9 Å². The molecule has 4 aromatic carbocycles. The summed E-state index contributed by atoms with van der Waals surface area (Å²) >= 11 is 3.83. The van der Waals surface area contributed by atoms with Gasteiger partial charge in [-0.05, 0) is 123 Å². The van der Waals surface area contributed by atoms with Crippen molar-refractivity contribution in [3.05, 3.63) is 221 Å². The van der Waals surface area contributed by atoms with Crippen molar-refractivity contribution in [1.29, 1.82) is 0 Å². The Morgan fingerprint density at radius 3 is 1.34 bits per heavy atom. The van der Waals surface area contributed by atoms with Crippen molar-refractivity contribution in [2.75, 3.05) is 4.90 Å². The summed E-state index contributed by atoms with van der Waals surface area (Å²) in [5, 5.41) is 0. The van der Waals surface area contributed by atoms with E-state index in [4.69, 9.17) is 29.9 Å². The van der Waals surface area contributed by atoms with Gasteiger partial charge >= 0.3 is 19.5 Å². The van der Waals surface area contributed by atoms with Crippen molar-refractivity contribution in [3.8, 4) is 33.6 Å². The van der Waals surface area contributed by atoms with Crippen LogP contribution in [0.25, 0.3) is 92.2 Å². The number of fused-ring (bicyclic) bond motifs is 8. The summed E-state index contributed by atoms with van der Waals surface area (Å²) in [7, 11) is 0.